The van der Waals surface area contributed by atoms with Crippen LogP contribution in [0.1, 0.15) is 30.7 Å². The zero-order chi connectivity index (χ0) is 11.7. The van der Waals surface area contributed by atoms with Crippen LogP contribution in [0.2, 0.25) is 0 Å². The molecular formula is C14H19BrN2. The van der Waals surface area contributed by atoms with Crippen molar-refractivity contribution in [2.24, 2.45) is 5.92 Å². The minimum Gasteiger partial charge on any atom is -0.372 e. The Morgan fingerprint density at radius 3 is 3.00 bits per heavy atom. The van der Waals surface area contributed by atoms with Crippen LogP contribution in [-0.2, 0) is 0 Å². The highest BCUT2D eigenvalue weighted by Crippen LogP contribution is 2.42. The molecule has 0 radical (unpaired) electrons. The summed E-state index contributed by atoms with van der Waals surface area (Å²) in [6.07, 6.45) is 4.00. The van der Waals surface area contributed by atoms with E-state index in [0.29, 0.717) is 10.9 Å². The van der Waals surface area contributed by atoms with Gasteiger partial charge >= 0.3 is 0 Å². The minimum absolute atomic E-state index is 0.404. The molecule has 1 aromatic rings. The van der Waals surface area contributed by atoms with Crippen LogP contribution in [-0.4, -0.2) is 18.0 Å². The molecule has 3 atom stereocenters. The van der Waals surface area contributed by atoms with Crippen molar-refractivity contribution in [1.82, 2.24) is 5.32 Å². The van der Waals surface area contributed by atoms with Crippen LogP contribution >= 0.6 is 15.9 Å². The van der Waals surface area contributed by atoms with Gasteiger partial charge in [-0.25, -0.2) is 0 Å². The third kappa shape index (κ3) is 2.36. The van der Waals surface area contributed by atoms with E-state index in [0.717, 1.165) is 5.92 Å². The van der Waals surface area contributed by atoms with Crippen LogP contribution in [0.5, 0.6) is 0 Å². The summed E-state index contributed by atoms with van der Waals surface area (Å²) in [6, 6.07) is 8.71. The lowest BCUT2D eigenvalue weighted by Crippen LogP contribution is -2.31. The summed E-state index contributed by atoms with van der Waals surface area (Å²) in [7, 11) is 0. The SMILES string of the molecule is BrC1Nc2ccccc2C1C[C@H]1CCCNC1. The Hall–Kier alpha value is -0.540. The fourth-order valence-electron chi connectivity index (χ4n) is 3.09. The zero-order valence-corrected chi connectivity index (χ0v) is 11.5. The molecule has 0 amide bonds. The molecule has 0 saturated carbocycles. The van der Waals surface area contributed by atoms with E-state index in [-0.39, 0.29) is 0 Å². The quantitative estimate of drug-likeness (QED) is 0.646. The van der Waals surface area contributed by atoms with Crippen LogP contribution in [0.25, 0.3) is 0 Å². The number of halogens is 1. The van der Waals surface area contributed by atoms with Gasteiger partial charge in [0.2, 0.25) is 0 Å². The molecule has 1 aromatic carbocycles. The highest BCUT2D eigenvalue weighted by Gasteiger charge is 2.32. The maximum Gasteiger partial charge on any atom is 0.0887 e. The van der Waals surface area contributed by atoms with Gasteiger partial charge in [-0.1, -0.05) is 34.1 Å². The average molecular weight is 295 g/mol. The first kappa shape index (κ1) is 11.5. The minimum atomic E-state index is 0.404. The zero-order valence-electron chi connectivity index (χ0n) is 9.95. The number of para-hydroxylation sites is 1. The van der Waals surface area contributed by atoms with Crippen molar-refractivity contribution < 1.29 is 0 Å². The fourth-order valence-corrected chi connectivity index (χ4v) is 3.84. The molecule has 0 aromatic heterocycles. The maximum atomic E-state index is 3.78. The van der Waals surface area contributed by atoms with Crippen LogP contribution in [0.4, 0.5) is 5.69 Å². The van der Waals surface area contributed by atoms with E-state index in [1.54, 1.807) is 0 Å². The molecule has 2 N–H and O–H groups in total. The number of alkyl halides is 1. The second-order valence-electron chi connectivity index (χ2n) is 5.19. The standard InChI is InChI=1S/C14H19BrN2/c15-14-12(8-10-4-3-7-16-9-10)11-5-1-2-6-13(11)17-14/h1-2,5-6,10,12,14,16-17H,3-4,7-9H2/t10-,12?,14?/m1/s1. The Kier molecular flexibility index (Phi) is 3.39. The third-order valence-corrected chi connectivity index (χ3v) is 4.86. The van der Waals surface area contributed by atoms with Crippen LogP contribution in [0.15, 0.2) is 24.3 Å². The van der Waals surface area contributed by atoms with Crippen molar-refractivity contribution in [3.63, 3.8) is 0 Å². The van der Waals surface area contributed by atoms with Crippen molar-refractivity contribution in [2.45, 2.75) is 30.1 Å². The average Bonchev–Trinajstić information content (AvgIpc) is 2.68. The van der Waals surface area contributed by atoms with Gasteiger partial charge in [-0.15, -0.1) is 0 Å². The molecule has 17 heavy (non-hydrogen) atoms. The predicted octanol–water partition coefficient (Wildman–Crippen LogP) is 3.31. The number of hydrogen-bond donors (Lipinski definition) is 2. The van der Waals surface area contributed by atoms with Gasteiger partial charge in [0.1, 0.15) is 0 Å². The topological polar surface area (TPSA) is 24.1 Å². The molecule has 2 unspecified atom stereocenters. The number of anilines is 1. The van der Waals surface area contributed by atoms with Crippen molar-refractivity contribution in [3.8, 4) is 0 Å². The van der Waals surface area contributed by atoms with Crippen LogP contribution in [0.3, 0.4) is 0 Å². The first-order valence-corrected chi connectivity index (χ1v) is 7.46. The van der Waals surface area contributed by atoms with Gasteiger partial charge in [-0.2, -0.15) is 0 Å². The summed E-state index contributed by atoms with van der Waals surface area (Å²) in [5, 5.41) is 7.05. The molecule has 0 aliphatic carbocycles. The number of fused-ring (bicyclic) bond motifs is 1. The lowest BCUT2D eigenvalue weighted by atomic mass is 9.86. The molecule has 2 nitrogen and oxygen atoms in total. The van der Waals surface area contributed by atoms with E-state index in [4.69, 9.17) is 0 Å². The monoisotopic (exact) mass is 294 g/mol. The summed E-state index contributed by atoms with van der Waals surface area (Å²) >= 11 is 3.78. The lowest BCUT2D eigenvalue weighted by Gasteiger charge is -2.26. The molecular weight excluding hydrogens is 276 g/mol. The molecule has 2 aliphatic rings. The lowest BCUT2D eigenvalue weighted by molar-refractivity contribution is 0.338. The van der Waals surface area contributed by atoms with Gasteiger partial charge in [-0.05, 0) is 49.9 Å². The number of piperidine rings is 1. The Labute approximate surface area is 111 Å². The van der Waals surface area contributed by atoms with E-state index in [9.17, 15) is 0 Å². The number of benzene rings is 1. The number of nitrogens with one attached hydrogen (secondary N) is 2. The van der Waals surface area contributed by atoms with Crippen molar-refractivity contribution >= 4 is 21.6 Å². The van der Waals surface area contributed by atoms with Gasteiger partial charge in [-0.3, -0.25) is 0 Å². The van der Waals surface area contributed by atoms with Crippen LogP contribution in [0, 0.1) is 5.92 Å². The molecule has 3 heteroatoms. The van der Waals surface area contributed by atoms with Gasteiger partial charge in [0, 0.05) is 11.6 Å². The van der Waals surface area contributed by atoms with E-state index in [1.165, 1.54) is 43.6 Å². The molecule has 0 spiro atoms. The Morgan fingerprint density at radius 1 is 1.29 bits per heavy atom. The van der Waals surface area contributed by atoms with Gasteiger partial charge in [0.25, 0.3) is 0 Å². The Bertz CT molecular complexity index is 388. The smallest absolute Gasteiger partial charge is 0.0887 e. The normalized spacial score (nSPS) is 31.9. The highest BCUT2D eigenvalue weighted by atomic mass is 79.9. The molecule has 92 valence electrons. The second-order valence-corrected chi connectivity index (χ2v) is 6.17. The van der Waals surface area contributed by atoms with Gasteiger partial charge < -0.3 is 10.6 Å². The number of rotatable bonds is 2. The first-order valence-electron chi connectivity index (χ1n) is 6.55. The molecule has 1 saturated heterocycles. The largest absolute Gasteiger partial charge is 0.372 e. The fraction of sp³-hybridized carbons (Fsp3) is 0.571. The van der Waals surface area contributed by atoms with E-state index in [2.05, 4.69) is 50.8 Å². The molecule has 3 rings (SSSR count). The summed E-state index contributed by atoms with van der Waals surface area (Å²) in [5.41, 5.74) is 2.79. The van der Waals surface area contributed by atoms with Crippen molar-refractivity contribution in [2.75, 3.05) is 18.4 Å². The molecule has 0 bridgehead atoms. The van der Waals surface area contributed by atoms with Gasteiger partial charge in [0.05, 0.1) is 4.95 Å². The molecule has 1 fully saturated rings. The van der Waals surface area contributed by atoms with E-state index < -0.39 is 0 Å². The summed E-state index contributed by atoms with van der Waals surface area (Å²) in [6.45, 7) is 2.39. The summed E-state index contributed by atoms with van der Waals surface area (Å²) < 4.78 is 0. The maximum absolute atomic E-state index is 3.78. The van der Waals surface area contributed by atoms with E-state index >= 15 is 0 Å². The first-order chi connectivity index (χ1) is 8.34. The third-order valence-electron chi connectivity index (χ3n) is 3.99. The van der Waals surface area contributed by atoms with Crippen LogP contribution < -0.4 is 10.6 Å². The predicted molar refractivity (Wildman–Crippen MR) is 75.7 cm³/mol. The molecule has 2 aliphatic heterocycles. The van der Waals surface area contributed by atoms with Crippen molar-refractivity contribution in [3.05, 3.63) is 29.8 Å². The van der Waals surface area contributed by atoms with E-state index in [1.807, 2.05) is 0 Å². The molecule has 2 heterocycles. The summed E-state index contributed by atoms with van der Waals surface area (Å²) in [5.74, 6) is 1.46. The highest BCUT2D eigenvalue weighted by molar-refractivity contribution is 9.09. The van der Waals surface area contributed by atoms with Gasteiger partial charge in [0.15, 0.2) is 0 Å². The second kappa shape index (κ2) is 4.99. The van der Waals surface area contributed by atoms with Crippen molar-refractivity contribution in [1.29, 1.82) is 0 Å². The Balaban J connectivity index is 1.74. The summed E-state index contributed by atoms with van der Waals surface area (Å²) in [4.78, 5) is 0.404. The Morgan fingerprint density at radius 2 is 2.18 bits per heavy atom. The number of hydrogen-bond acceptors (Lipinski definition) is 2.